The summed E-state index contributed by atoms with van der Waals surface area (Å²) in [7, 11) is 0. The molecule has 1 aliphatic carbocycles. The molecule has 0 saturated heterocycles. The lowest BCUT2D eigenvalue weighted by Gasteiger charge is -2.09. The van der Waals surface area contributed by atoms with E-state index in [1.807, 2.05) is 31.3 Å². The Kier molecular flexibility index (Phi) is 3.43. The van der Waals surface area contributed by atoms with E-state index in [0.717, 1.165) is 29.6 Å². The molecule has 0 N–H and O–H groups in total. The molecule has 23 heavy (non-hydrogen) atoms. The van der Waals surface area contributed by atoms with Crippen LogP contribution >= 0.6 is 23.2 Å². The third kappa shape index (κ3) is 2.35. The van der Waals surface area contributed by atoms with Gasteiger partial charge >= 0.3 is 0 Å². The van der Waals surface area contributed by atoms with Crippen molar-refractivity contribution >= 4 is 34.5 Å². The highest BCUT2D eigenvalue weighted by molar-refractivity contribution is 6.35. The van der Waals surface area contributed by atoms with Crippen molar-refractivity contribution < 1.29 is 4.79 Å². The minimum absolute atomic E-state index is 0.150. The Hall–Kier alpha value is -1.84. The maximum atomic E-state index is 13.1. The SMILES string of the molecule is Cc1nc(C(=O)c2c(Cl)cccc2C2CC2)n2cccc(Cl)c12. The first-order chi connectivity index (χ1) is 11.1. The monoisotopic (exact) mass is 344 g/mol. The molecule has 0 spiro atoms. The van der Waals surface area contributed by atoms with Gasteiger partial charge in [-0.25, -0.2) is 4.98 Å². The van der Waals surface area contributed by atoms with Gasteiger partial charge in [-0.05, 0) is 49.4 Å². The summed E-state index contributed by atoms with van der Waals surface area (Å²) in [6.07, 6.45) is 4.02. The van der Waals surface area contributed by atoms with E-state index in [9.17, 15) is 4.79 Å². The molecule has 116 valence electrons. The average molecular weight is 345 g/mol. The summed E-state index contributed by atoms with van der Waals surface area (Å²) in [6, 6.07) is 9.26. The topological polar surface area (TPSA) is 34.4 Å². The maximum absolute atomic E-state index is 13.1. The molecule has 2 heterocycles. The van der Waals surface area contributed by atoms with Gasteiger partial charge in [0.05, 0.1) is 21.3 Å². The Morgan fingerprint density at radius 2 is 1.91 bits per heavy atom. The van der Waals surface area contributed by atoms with Crippen LogP contribution in [0.1, 0.15) is 46.2 Å². The average Bonchev–Trinajstić information content (AvgIpc) is 3.31. The summed E-state index contributed by atoms with van der Waals surface area (Å²) in [6.45, 7) is 1.85. The molecule has 0 atom stereocenters. The van der Waals surface area contributed by atoms with Crippen LogP contribution in [0.4, 0.5) is 0 Å². The standard InChI is InChI=1S/C18H14Cl2N2O/c1-10-16-14(20)6-3-9-22(16)18(21-10)17(23)15-12(11-7-8-11)4-2-5-13(15)19/h2-6,9,11H,7-8H2,1H3. The molecule has 0 radical (unpaired) electrons. The molecular weight excluding hydrogens is 331 g/mol. The molecule has 1 aromatic carbocycles. The van der Waals surface area contributed by atoms with Crippen LogP contribution in [-0.4, -0.2) is 15.2 Å². The zero-order chi connectivity index (χ0) is 16.1. The molecule has 2 aromatic heterocycles. The van der Waals surface area contributed by atoms with Crippen molar-refractivity contribution in [3.8, 4) is 0 Å². The van der Waals surface area contributed by atoms with Gasteiger partial charge in [-0.3, -0.25) is 9.20 Å². The minimum atomic E-state index is -0.150. The first-order valence-electron chi connectivity index (χ1n) is 7.54. The molecule has 3 nitrogen and oxygen atoms in total. The number of aromatic nitrogens is 2. The highest BCUT2D eigenvalue weighted by atomic mass is 35.5. The maximum Gasteiger partial charge on any atom is 0.230 e. The molecular formula is C18H14Cl2N2O. The van der Waals surface area contributed by atoms with Crippen LogP contribution in [0.25, 0.3) is 5.52 Å². The number of carbonyl (C=O) groups excluding carboxylic acids is 1. The second kappa shape index (κ2) is 5.36. The van der Waals surface area contributed by atoms with Crippen molar-refractivity contribution in [1.82, 2.24) is 9.38 Å². The van der Waals surface area contributed by atoms with E-state index in [0.29, 0.717) is 27.4 Å². The lowest BCUT2D eigenvalue weighted by atomic mass is 9.99. The van der Waals surface area contributed by atoms with Gasteiger partial charge in [0.2, 0.25) is 5.78 Å². The Morgan fingerprint density at radius 1 is 1.17 bits per heavy atom. The zero-order valence-electron chi connectivity index (χ0n) is 12.5. The quantitative estimate of drug-likeness (QED) is 0.622. The van der Waals surface area contributed by atoms with Crippen molar-refractivity contribution in [3.63, 3.8) is 0 Å². The zero-order valence-corrected chi connectivity index (χ0v) is 14.0. The number of carbonyl (C=O) groups is 1. The molecule has 0 aliphatic heterocycles. The van der Waals surface area contributed by atoms with Crippen LogP contribution in [0.15, 0.2) is 36.5 Å². The van der Waals surface area contributed by atoms with Gasteiger partial charge in [0.25, 0.3) is 0 Å². The Labute approximate surface area is 143 Å². The summed E-state index contributed by atoms with van der Waals surface area (Å²) < 4.78 is 1.75. The number of rotatable bonds is 3. The van der Waals surface area contributed by atoms with Crippen LogP contribution in [0.5, 0.6) is 0 Å². The lowest BCUT2D eigenvalue weighted by molar-refractivity contribution is 0.102. The number of pyridine rings is 1. The molecule has 3 aromatic rings. The molecule has 4 rings (SSSR count). The second-order valence-corrected chi connectivity index (χ2v) is 6.72. The highest BCUT2D eigenvalue weighted by Crippen LogP contribution is 2.43. The smallest absolute Gasteiger partial charge is 0.230 e. The second-order valence-electron chi connectivity index (χ2n) is 5.90. The Bertz CT molecular complexity index is 942. The van der Waals surface area contributed by atoms with E-state index in [4.69, 9.17) is 23.2 Å². The number of halogens is 2. The summed E-state index contributed by atoms with van der Waals surface area (Å²) in [4.78, 5) is 17.6. The first-order valence-corrected chi connectivity index (χ1v) is 8.30. The van der Waals surface area contributed by atoms with Gasteiger partial charge in [-0.1, -0.05) is 35.3 Å². The normalized spacial score (nSPS) is 14.4. The number of nitrogens with zero attached hydrogens (tertiary/aromatic N) is 2. The number of aryl methyl sites for hydroxylation is 1. The van der Waals surface area contributed by atoms with Gasteiger partial charge < -0.3 is 0 Å². The van der Waals surface area contributed by atoms with E-state index < -0.39 is 0 Å². The molecule has 5 heteroatoms. The van der Waals surface area contributed by atoms with Crippen LogP contribution in [-0.2, 0) is 0 Å². The highest BCUT2D eigenvalue weighted by Gasteiger charge is 2.31. The number of ketones is 1. The number of hydrogen-bond acceptors (Lipinski definition) is 2. The summed E-state index contributed by atoms with van der Waals surface area (Å²) in [5.74, 6) is 0.640. The summed E-state index contributed by atoms with van der Waals surface area (Å²) >= 11 is 12.6. The van der Waals surface area contributed by atoms with Crippen molar-refractivity contribution in [2.24, 2.45) is 0 Å². The molecule has 0 bridgehead atoms. The van der Waals surface area contributed by atoms with E-state index in [1.165, 1.54) is 0 Å². The minimum Gasteiger partial charge on any atom is -0.295 e. The third-order valence-corrected chi connectivity index (χ3v) is 4.90. The number of imidazole rings is 1. The molecule has 1 aliphatic rings. The van der Waals surface area contributed by atoms with Crippen LogP contribution in [0.3, 0.4) is 0 Å². The van der Waals surface area contributed by atoms with Crippen LogP contribution in [0.2, 0.25) is 10.0 Å². The van der Waals surface area contributed by atoms with E-state index in [2.05, 4.69) is 4.98 Å². The predicted octanol–water partition coefficient (Wildman–Crippen LogP) is 5.06. The van der Waals surface area contributed by atoms with Crippen LogP contribution in [0, 0.1) is 6.92 Å². The molecule has 0 unspecified atom stereocenters. The lowest BCUT2D eigenvalue weighted by Crippen LogP contribution is -2.10. The van der Waals surface area contributed by atoms with Gasteiger partial charge in [0, 0.05) is 11.8 Å². The summed E-state index contributed by atoms with van der Waals surface area (Å²) in [5, 5.41) is 1.06. The number of fused-ring (bicyclic) bond motifs is 1. The fraction of sp³-hybridized carbons (Fsp3) is 0.222. The fourth-order valence-electron chi connectivity index (χ4n) is 3.06. The predicted molar refractivity (Wildman–Crippen MR) is 91.8 cm³/mol. The molecule has 1 saturated carbocycles. The Balaban J connectivity index is 1.93. The number of benzene rings is 1. The van der Waals surface area contributed by atoms with E-state index in [-0.39, 0.29) is 5.78 Å². The molecule has 1 fully saturated rings. The first kappa shape index (κ1) is 14.7. The Morgan fingerprint density at radius 3 is 2.65 bits per heavy atom. The van der Waals surface area contributed by atoms with Gasteiger partial charge in [-0.15, -0.1) is 0 Å². The largest absolute Gasteiger partial charge is 0.295 e. The van der Waals surface area contributed by atoms with Crippen molar-refractivity contribution in [1.29, 1.82) is 0 Å². The van der Waals surface area contributed by atoms with E-state index >= 15 is 0 Å². The van der Waals surface area contributed by atoms with Crippen molar-refractivity contribution in [2.75, 3.05) is 0 Å². The van der Waals surface area contributed by atoms with Crippen molar-refractivity contribution in [3.05, 3.63) is 69.2 Å². The third-order valence-electron chi connectivity index (χ3n) is 4.28. The van der Waals surface area contributed by atoms with Gasteiger partial charge in [0.15, 0.2) is 5.82 Å². The van der Waals surface area contributed by atoms with Crippen molar-refractivity contribution in [2.45, 2.75) is 25.7 Å². The fourth-order valence-corrected chi connectivity index (χ4v) is 3.63. The number of hydrogen-bond donors (Lipinski definition) is 0. The summed E-state index contributed by atoms with van der Waals surface area (Å²) in [5.41, 5.74) is 3.10. The van der Waals surface area contributed by atoms with E-state index in [1.54, 1.807) is 16.5 Å². The van der Waals surface area contributed by atoms with Gasteiger partial charge in [-0.2, -0.15) is 0 Å². The van der Waals surface area contributed by atoms with Crippen LogP contribution < -0.4 is 0 Å². The van der Waals surface area contributed by atoms with Gasteiger partial charge in [0.1, 0.15) is 0 Å². The molecule has 0 amide bonds.